The van der Waals surface area contributed by atoms with Crippen LogP contribution in [-0.2, 0) is 24.2 Å². The van der Waals surface area contributed by atoms with Crippen LogP contribution >= 0.6 is 0 Å². The van der Waals surface area contributed by atoms with Gasteiger partial charge in [0.25, 0.3) is 0 Å². The molecule has 5 rings (SSSR count). The molecular formula is C23H31N5O. The average Bonchev–Trinajstić information content (AvgIpc) is 2.80. The minimum absolute atomic E-state index is 0.783. The average molecular weight is 394 g/mol. The molecule has 4 heterocycles. The van der Waals surface area contributed by atoms with Crippen LogP contribution in [0.2, 0.25) is 0 Å². The summed E-state index contributed by atoms with van der Waals surface area (Å²) in [6, 6.07) is 10.8. The highest BCUT2D eigenvalue weighted by Gasteiger charge is 2.27. The first-order valence-electron chi connectivity index (χ1n) is 11.1. The van der Waals surface area contributed by atoms with E-state index < -0.39 is 0 Å². The topological polar surface area (TPSA) is 44.7 Å². The van der Waals surface area contributed by atoms with Crippen LogP contribution in [0.1, 0.15) is 36.1 Å². The third-order valence-corrected chi connectivity index (χ3v) is 6.30. The summed E-state index contributed by atoms with van der Waals surface area (Å²) in [6.45, 7) is 8.54. The highest BCUT2D eigenvalue weighted by molar-refractivity contribution is 5.54. The van der Waals surface area contributed by atoms with Crippen LogP contribution in [0.5, 0.6) is 0 Å². The number of fused-ring (bicyclic) bond motifs is 1. The molecule has 29 heavy (non-hydrogen) atoms. The Morgan fingerprint density at radius 2 is 1.62 bits per heavy atom. The van der Waals surface area contributed by atoms with Gasteiger partial charge in [0.2, 0.25) is 5.95 Å². The van der Waals surface area contributed by atoms with E-state index in [0.29, 0.717) is 0 Å². The maximum atomic E-state index is 5.61. The summed E-state index contributed by atoms with van der Waals surface area (Å²) in [5.74, 6) is 2.10. The predicted octanol–water partition coefficient (Wildman–Crippen LogP) is 2.86. The van der Waals surface area contributed by atoms with E-state index >= 15 is 0 Å². The van der Waals surface area contributed by atoms with Crippen LogP contribution in [-0.4, -0.2) is 60.8 Å². The van der Waals surface area contributed by atoms with Crippen molar-refractivity contribution in [3.05, 3.63) is 47.2 Å². The molecule has 3 aliphatic heterocycles. The molecule has 0 aliphatic carbocycles. The first-order chi connectivity index (χ1) is 14.4. The van der Waals surface area contributed by atoms with Gasteiger partial charge in [0.05, 0.1) is 18.9 Å². The summed E-state index contributed by atoms with van der Waals surface area (Å²) in [6.07, 6.45) is 4.82. The molecular weight excluding hydrogens is 362 g/mol. The Labute approximate surface area is 173 Å². The summed E-state index contributed by atoms with van der Waals surface area (Å²) in [4.78, 5) is 17.5. The van der Waals surface area contributed by atoms with E-state index in [1.807, 2.05) is 0 Å². The molecule has 2 saturated heterocycles. The number of benzene rings is 1. The minimum atomic E-state index is 0.783. The minimum Gasteiger partial charge on any atom is -0.378 e. The van der Waals surface area contributed by atoms with Crippen LogP contribution < -0.4 is 9.80 Å². The number of ether oxygens (including phenoxy) is 1. The van der Waals surface area contributed by atoms with Crippen LogP contribution in [0, 0.1) is 0 Å². The molecule has 3 aliphatic rings. The molecule has 1 aromatic carbocycles. The lowest BCUT2D eigenvalue weighted by Crippen LogP contribution is -2.40. The SMILES string of the molecule is c1ccc(CN2CCc3nc(N4CCCCC4)nc(N4CCOCC4)c3C2)cc1. The molecule has 1 aromatic heterocycles. The molecule has 2 aromatic rings. The molecule has 2 fully saturated rings. The zero-order valence-electron chi connectivity index (χ0n) is 17.2. The predicted molar refractivity (Wildman–Crippen MR) is 115 cm³/mol. The van der Waals surface area contributed by atoms with Gasteiger partial charge in [-0.3, -0.25) is 4.90 Å². The van der Waals surface area contributed by atoms with Crippen LogP contribution in [0.15, 0.2) is 30.3 Å². The fraction of sp³-hybridized carbons (Fsp3) is 0.565. The molecule has 0 saturated carbocycles. The van der Waals surface area contributed by atoms with Crippen molar-refractivity contribution in [3.8, 4) is 0 Å². The summed E-state index contributed by atoms with van der Waals surface area (Å²) in [5, 5.41) is 0. The van der Waals surface area contributed by atoms with E-state index in [9.17, 15) is 0 Å². The quantitative estimate of drug-likeness (QED) is 0.796. The zero-order chi connectivity index (χ0) is 19.5. The van der Waals surface area contributed by atoms with Gasteiger partial charge in [0.1, 0.15) is 5.82 Å². The number of anilines is 2. The fourth-order valence-electron chi connectivity index (χ4n) is 4.69. The van der Waals surface area contributed by atoms with Crippen molar-refractivity contribution < 1.29 is 4.74 Å². The van der Waals surface area contributed by atoms with Gasteiger partial charge < -0.3 is 14.5 Å². The van der Waals surface area contributed by atoms with Crippen LogP contribution in [0.25, 0.3) is 0 Å². The lowest BCUT2D eigenvalue weighted by Gasteiger charge is -2.36. The molecule has 154 valence electrons. The molecule has 0 N–H and O–H groups in total. The molecule has 6 nitrogen and oxygen atoms in total. The van der Waals surface area contributed by atoms with Gasteiger partial charge >= 0.3 is 0 Å². The second-order valence-corrected chi connectivity index (χ2v) is 8.37. The van der Waals surface area contributed by atoms with Gasteiger partial charge in [-0.2, -0.15) is 4.98 Å². The first kappa shape index (κ1) is 18.8. The molecule has 0 bridgehead atoms. The number of hydrogen-bond donors (Lipinski definition) is 0. The Bertz CT molecular complexity index is 816. The van der Waals surface area contributed by atoms with Crippen molar-refractivity contribution in [1.29, 1.82) is 0 Å². The van der Waals surface area contributed by atoms with Gasteiger partial charge in [-0.1, -0.05) is 30.3 Å². The standard InChI is InChI=1S/C23H31N5O/c1-3-7-19(8-4-1)17-26-12-9-21-20(18-26)22(27-13-15-29-16-14-27)25-23(24-21)28-10-5-2-6-11-28/h1,3-4,7-8H,2,5-6,9-18H2. The van der Waals surface area contributed by atoms with Gasteiger partial charge in [0, 0.05) is 57.8 Å². The second kappa shape index (κ2) is 8.67. The molecule has 0 atom stereocenters. The van der Waals surface area contributed by atoms with E-state index in [2.05, 4.69) is 45.0 Å². The Kier molecular flexibility index (Phi) is 5.63. The third-order valence-electron chi connectivity index (χ3n) is 6.30. The van der Waals surface area contributed by atoms with Crippen molar-refractivity contribution in [2.24, 2.45) is 0 Å². The largest absolute Gasteiger partial charge is 0.378 e. The summed E-state index contributed by atoms with van der Waals surface area (Å²) < 4.78 is 5.61. The highest BCUT2D eigenvalue weighted by Crippen LogP contribution is 2.31. The van der Waals surface area contributed by atoms with E-state index in [4.69, 9.17) is 14.7 Å². The number of aromatic nitrogens is 2. The van der Waals surface area contributed by atoms with E-state index in [-0.39, 0.29) is 0 Å². The Hall–Kier alpha value is -2.18. The normalized spacial score (nSPS) is 20.6. The number of piperidine rings is 1. The monoisotopic (exact) mass is 393 g/mol. The maximum absolute atomic E-state index is 5.61. The number of rotatable bonds is 4. The van der Waals surface area contributed by atoms with Crippen molar-refractivity contribution >= 4 is 11.8 Å². The van der Waals surface area contributed by atoms with Gasteiger partial charge in [-0.05, 0) is 24.8 Å². The maximum Gasteiger partial charge on any atom is 0.227 e. The fourth-order valence-corrected chi connectivity index (χ4v) is 4.69. The second-order valence-electron chi connectivity index (χ2n) is 8.37. The van der Waals surface area contributed by atoms with Crippen molar-refractivity contribution in [2.45, 2.75) is 38.8 Å². The first-order valence-corrected chi connectivity index (χ1v) is 11.1. The van der Waals surface area contributed by atoms with Crippen molar-refractivity contribution in [3.63, 3.8) is 0 Å². The molecule has 0 amide bonds. The van der Waals surface area contributed by atoms with Crippen molar-refractivity contribution in [2.75, 3.05) is 55.7 Å². The zero-order valence-corrected chi connectivity index (χ0v) is 17.2. The summed E-state index contributed by atoms with van der Waals surface area (Å²) >= 11 is 0. The van der Waals surface area contributed by atoms with Crippen LogP contribution in [0.3, 0.4) is 0 Å². The Morgan fingerprint density at radius 3 is 2.41 bits per heavy atom. The summed E-state index contributed by atoms with van der Waals surface area (Å²) in [7, 11) is 0. The van der Waals surface area contributed by atoms with E-state index in [1.54, 1.807) is 0 Å². The number of nitrogens with zero attached hydrogens (tertiary/aromatic N) is 5. The van der Waals surface area contributed by atoms with Gasteiger partial charge in [0.15, 0.2) is 0 Å². The van der Waals surface area contributed by atoms with Crippen LogP contribution in [0.4, 0.5) is 11.8 Å². The molecule has 0 unspecified atom stereocenters. The van der Waals surface area contributed by atoms with E-state index in [0.717, 1.165) is 77.2 Å². The van der Waals surface area contributed by atoms with Gasteiger partial charge in [-0.25, -0.2) is 4.98 Å². The smallest absolute Gasteiger partial charge is 0.227 e. The molecule has 6 heteroatoms. The lowest BCUT2D eigenvalue weighted by atomic mass is 10.0. The third kappa shape index (κ3) is 4.23. The molecule has 0 radical (unpaired) electrons. The molecule has 0 spiro atoms. The highest BCUT2D eigenvalue weighted by atomic mass is 16.5. The summed E-state index contributed by atoms with van der Waals surface area (Å²) in [5.41, 5.74) is 3.95. The Balaban J connectivity index is 1.44. The lowest BCUT2D eigenvalue weighted by molar-refractivity contribution is 0.122. The number of hydrogen-bond acceptors (Lipinski definition) is 6. The van der Waals surface area contributed by atoms with Crippen molar-refractivity contribution in [1.82, 2.24) is 14.9 Å². The van der Waals surface area contributed by atoms with E-state index in [1.165, 1.54) is 36.1 Å². The van der Waals surface area contributed by atoms with Gasteiger partial charge in [-0.15, -0.1) is 0 Å². The number of morpholine rings is 1. The Morgan fingerprint density at radius 1 is 0.828 bits per heavy atom.